The summed E-state index contributed by atoms with van der Waals surface area (Å²) in [4.78, 5) is 4.45. The molecule has 0 spiro atoms. The molecule has 0 amide bonds. The van der Waals surface area contributed by atoms with Gasteiger partial charge in [-0.2, -0.15) is 11.8 Å². The van der Waals surface area contributed by atoms with Gasteiger partial charge in [0.05, 0.1) is 6.10 Å². The van der Waals surface area contributed by atoms with Crippen molar-refractivity contribution in [3.8, 4) is 0 Å². The van der Waals surface area contributed by atoms with Crippen molar-refractivity contribution >= 4 is 41.7 Å². The van der Waals surface area contributed by atoms with E-state index in [1.54, 1.807) is 0 Å². The molecule has 3 rings (SSSR count). The van der Waals surface area contributed by atoms with Crippen molar-refractivity contribution in [3.63, 3.8) is 0 Å². The van der Waals surface area contributed by atoms with Gasteiger partial charge in [-0.3, -0.25) is 4.99 Å². The van der Waals surface area contributed by atoms with Gasteiger partial charge in [-0.05, 0) is 31.9 Å². The molecule has 2 N–H and O–H groups in total. The Balaban J connectivity index is 0.00000176. The van der Waals surface area contributed by atoms with Gasteiger partial charge in [0, 0.05) is 42.3 Å². The topological polar surface area (TPSA) is 45.7 Å². The molecule has 0 bridgehead atoms. The molecule has 3 aliphatic rings. The Kier molecular flexibility index (Phi) is 6.33. The number of rotatable bonds is 3. The van der Waals surface area contributed by atoms with Gasteiger partial charge in [-0.25, -0.2) is 0 Å². The van der Waals surface area contributed by atoms with Crippen molar-refractivity contribution < 1.29 is 4.74 Å². The summed E-state index contributed by atoms with van der Waals surface area (Å²) < 4.78 is 5.87. The molecule has 128 valence electrons. The number of fused-ring (bicyclic) bond motifs is 1. The largest absolute Gasteiger partial charge is 0.377 e. The lowest BCUT2D eigenvalue weighted by Crippen LogP contribution is -2.68. The van der Waals surface area contributed by atoms with Crippen molar-refractivity contribution in [1.82, 2.24) is 10.6 Å². The van der Waals surface area contributed by atoms with Gasteiger partial charge in [-0.15, -0.1) is 24.0 Å². The maximum atomic E-state index is 5.87. The second-order valence-corrected chi connectivity index (χ2v) is 8.41. The monoisotopic (exact) mass is 439 g/mol. The van der Waals surface area contributed by atoms with E-state index >= 15 is 0 Å². The molecule has 1 saturated heterocycles. The van der Waals surface area contributed by atoms with Gasteiger partial charge in [0.2, 0.25) is 0 Å². The average molecular weight is 439 g/mol. The third-order valence-electron chi connectivity index (χ3n) is 5.68. The first-order valence-corrected chi connectivity index (χ1v) is 9.49. The highest BCUT2D eigenvalue weighted by Crippen LogP contribution is 2.52. The Morgan fingerprint density at radius 1 is 1.23 bits per heavy atom. The van der Waals surface area contributed by atoms with E-state index in [1.807, 2.05) is 18.8 Å². The summed E-state index contributed by atoms with van der Waals surface area (Å²) in [7, 11) is 1.88. The van der Waals surface area contributed by atoms with Crippen molar-refractivity contribution in [3.05, 3.63) is 0 Å². The summed E-state index contributed by atoms with van der Waals surface area (Å²) >= 11 is 2.00. The number of halogens is 1. The molecule has 5 unspecified atom stereocenters. The number of thioether (sulfide) groups is 1. The fourth-order valence-electron chi connectivity index (χ4n) is 4.41. The highest BCUT2D eigenvalue weighted by molar-refractivity contribution is 14.0. The standard InChI is InChI=1S/C16H29N3OS.HI/c1-16(2)13(12-7-8-20-14(12)16)19-15(17-3)18-10-5-6-11(9-10)21-4;/h10-14H,5-9H2,1-4H3,(H2,17,18,19);1H. The fourth-order valence-corrected chi connectivity index (χ4v) is 5.21. The minimum absolute atomic E-state index is 0. The molecule has 3 fully saturated rings. The number of ether oxygens (including phenoxy) is 1. The van der Waals surface area contributed by atoms with Crippen LogP contribution in [0, 0.1) is 11.3 Å². The maximum absolute atomic E-state index is 5.87. The summed E-state index contributed by atoms with van der Waals surface area (Å²) in [5.41, 5.74) is 0.205. The van der Waals surface area contributed by atoms with Gasteiger partial charge in [0.15, 0.2) is 5.96 Å². The highest BCUT2D eigenvalue weighted by Gasteiger charge is 2.59. The Labute approximate surface area is 156 Å². The van der Waals surface area contributed by atoms with Crippen LogP contribution in [0.4, 0.5) is 0 Å². The Bertz CT molecular complexity index is 418. The van der Waals surface area contributed by atoms with Crippen LogP contribution in [-0.2, 0) is 4.74 Å². The molecule has 4 nitrogen and oxygen atoms in total. The fraction of sp³-hybridized carbons (Fsp3) is 0.938. The van der Waals surface area contributed by atoms with E-state index < -0.39 is 0 Å². The van der Waals surface area contributed by atoms with Crippen LogP contribution in [0.2, 0.25) is 0 Å². The van der Waals surface area contributed by atoms with E-state index in [0.717, 1.165) is 17.8 Å². The van der Waals surface area contributed by atoms with E-state index in [9.17, 15) is 0 Å². The Morgan fingerprint density at radius 2 is 2.00 bits per heavy atom. The van der Waals surface area contributed by atoms with E-state index in [0.29, 0.717) is 24.1 Å². The van der Waals surface area contributed by atoms with Crippen LogP contribution in [0.1, 0.15) is 39.5 Å². The van der Waals surface area contributed by atoms with Gasteiger partial charge in [0.25, 0.3) is 0 Å². The van der Waals surface area contributed by atoms with E-state index in [2.05, 4.69) is 35.7 Å². The molecule has 1 heterocycles. The highest BCUT2D eigenvalue weighted by atomic mass is 127. The molecule has 22 heavy (non-hydrogen) atoms. The average Bonchev–Trinajstić information content (AvgIpc) is 3.10. The van der Waals surface area contributed by atoms with Crippen molar-refractivity contribution in [2.45, 2.75) is 63.0 Å². The second kappa shape index (κ2) is 7.47. The van der Waals surface area contributed by atoms with Crippen LogP contribution < -0.4 is 10.6 Å². The third-order valence-corrected chi connectivity index (χ3v) is 6.77. The molecule has 2 aliphatic carbocycles. The quantitative estimate of drug-likeness (QED) is 0.404. The minimum Gasteiger partial charge on any atom is -0.377 e. The van der Waals surface area contributed by atoms with Crippen molar-refractivity contribution in [2.24, 2.45) is 16.3 Å². The molecule has 0 aromatic rings. The van der Waals surface area contributed by atoms with Crippen LogP contribution in [0.5, 0.6) is 0 Å². The van der Waals surface area contributed by atoms with Crippen molar-refractivity contribution in [2.75, 3.05) is 19.9 Å². The Hall–Kier alpha value is 0.310. The number of hydrogen-bond acceptors (Lipinski definition) is 3. The van der Waals surface area contributed by atoms with Crippen LogP contribution in [0.3, 0.4) is 0 Å². The first-order chi connectivity index (χ1) is 10.1. The molecule has 0 aromatic heterocycles. The smallest absolute Gasteiger partial charge is 0.191 e. The van der Waals surface area contributed by atoms with E-state index in [4.69, 9.17) is 4.74 Å². The normalized spacial score (nSPS) is 39.6. The number of guanidine groups is 1. The van der Waals surface area contributed by atoms with E-state index in [-0.39, 0.29) is 29.4 Å². The molecule has 1 aliphatic heterocycles. The zero-order valence-corrected chi connectivity index (χ0v) is 17.2. The number of hydrogen-bond donors (Lipinski definition) is 2. The summed E-state index contributed by atoms with van der Waals surface area (Å²) in [6, 6.07) is 1.06. The predicted molar refractivity (Wildman–Crippen MR) is 105 cm³/mol. The lowest BCUT2D eigenvalue weighted by atomic mass is 9.57. The molecule has 0 radical (unpaired) electrons. The Morgan fingerprint density at radius 3 is 2.64 bits per heavy atom. The van der Waals surface area contributed by atoms with Gasteiger partial charge >= 0.3 is 0 Å². The molecule has 6 heteroatoms. The minimum atomic E-state index is 0. The number of aliphatic imine (C=N–C) groups is 1. The lowest BCUT2D eigenvalue weighted by molar-refractivity contribution is -0.106. The SMILES string of the molecule is CN=C(NC1CCC(SC)C1)NC1C2CCOC2C1(C)C.I. The molecular formula is C16H30IN3OS. The summed E-state index contributed by atoms with van der Waals surface area (Å²) in [5.74, 6) is 1.63. The number of nitrogens with one attached hydrogen (secondary N) is 2. The zero-order valence-electron chi connectivity index (χ0n) is 14.1. The zero-order chi connectivity index (χ0) is 15.0. The van der Waals surface area contributed by atoms with Gasteiger partial charge < -0.3 is 15.4 Å². The maximum Gasteiger partial charge on any atom is 0.191 e. The second-order valence-electron chi connectivity index (χ2n) is 7.27. The molecular weight excluding hydrogens is 409 g/mol. The summed E-state index contributed by atoms with van der Waals surface area (Å²) in [6.07, 6.45) is 7.67. The molecule has 2 saturated carbocycles. The number of nitrogens with zero attached hydrogens (tertiary/aromatic N) is 1. The van der Waals surface area contributed by atoms with Crippen molar-refractivity contribution in [1.29, 1.82) is 0 Å². The van der Waals surface area contributed by atoms with E-state index in [1.165, 1.54) is 25.7 Å². The van der Waals surface area contributed by atoms with Crippen LogP contribution in [0.25, 0.3) is 0 Å². The lowest BCUT2D eigenvalue weighted by Gasteiger charge is -2.55. The summed E-state index contributed by atoms with van der Waals surface area (Å²) in [5, 5.41) is 8.12. The van der Waals surface area contributed by atoms with Gasteiger partial charge in [0.1, 0.15) is 0 Å². The van der Waals surface area contributed by atoms with Crippen LogP contribution in [-0.4, -0.2) is 49.3 Å². The van der Waals surface area contributed by atoms with Crippen LogP contribution in [0.15, 0.2) is 4.99 Å². The predicted octanol–water partition coefficient (Wildman–Crippen LogP) is 2.87. The first-order valence-electron chi connectivity index (χ1n) is 8.20. The molecule has 5 atom stereocenters. The summed E-state index contributed by atoms with van der Waals surface area (Å²) in [6.45, 7) is 5.54. The third kappa shape index (κ3) is 3.38. The van der Waals surface area contributed by atoms with Gasteiger partial charge in [-0.1, -0.05) is 13.8 Å². The first kappa shape index (κ1) is 18.6. The molecule has 0 aromatic carbocycles. The van der Waals surface area contributed by atoms with Crippen LogP contribution >= 0.6 is 35.7 Å².